The molecular formula is C18H20BNS3. The van der Waals surface area contributed by atoms with E-state index in [2.05, 4.69) is 73.6 Å². The molecule has 1 aliphatic rings. The van der Waals surface area contributed by atoms with Crippen LogP contribution >= 0.6 is 34.0 Å². The van der Waals surface area contributed by atoms with Crippen LogP contribution in [-0.2, 0) is 0 Å². The third-order valence-corrected chi connectivity index (χ3v) is 8.26. The highest BCUT2D eigenvalue weighted by molar-refractivity contribution is 7.39. The summed E-state index contributed by atoms with van der Waals surface area (Å²) in [5.74, 6) is 0. The Morgan fingerprint density at radius 1 is 0.870 bits per heavy atom. The van der Waals surface area contributed by atoms with E-state index in [1.807, 2.05) is 34.0 Å². The summed E-state index contributed by atoms with van der Waals surface area (Å²) in [5, 5.41) is 6.66. The molecule has 23 heavy (non-hydrogen) atoms. The average molecular weight is 357 g/mol. The molecule has 0 fully saturated rings. The normalized spacial score (nSPS) is 19.4. The van der Waals surface area contributed by atoms with Gasteiger partial charge in [0.2, 0.25) is 0 Å². The van der Waals surface area contributed by atoms with Gasteiger partial charge in [0.05, 0.1) is 6.54 Å². The second-order valence-corrected chi connectivity index (χ2v) is 9.87. The van der Waals surface area contributed by atoms with Crippen LogP contribution < -0.4 is 9.55 Å². The molecule has 0 atom stereocenters. The summed E-state index contributed by atoms with van der Waals surface area (Å²) in [6.07, 6.45) is -0.965. The summed E-state index contributed by atoms with van der Waals surface area (Å²) in [4.78, 5) is 1.44. The van der Waals surface area contributed by atoms with Gasteiger partial charge < -0.3 is 4.39 Å². The lowest BCUT2D eigenvalue weighted by molar-refractivity contribution is -0.777. The van der Waals surface area contributed by atoms with E-state index in [4.69, 9.17) is 0 Å². The molecule has 4 rings (SSSR count). The number of rotatable bonds is 3. The van der Waals surface area contributed by atoms with Gasteiger partial charge in [0.15, 0.2) is 0 Å². The molecule has 0 radical (unpaired) electrons. The van der Waals surface area contributed by atoms with Crippen LogP contribution in [0.4, 0.5) is 0 Å². The molecule has 0 saturated carbocycles. The molecule has 0 aliphatic carbocycles. The van der Waals surface area contributed by atoms with Gasteiger partial charge in [-0.15, -0.1) is 16.8 Å². The van der Waals surface area contributed by atoms with Gasteiger partial charge in [-0.2, -0.15) is 22.7 Å². The van der Waals surface area contributed by atoms with Crippen LogP contribution in [0.25, 0.3) is 5.47 Å². The molecule has 3 aromatic heterocycles. The molecule has 0 bridgehead atoms. The number of likely N-dealkylation sites (N-methyl/N-ethyl adjacent to an activating group) is 1. The molecule has 1 aliphatic heterocycles. The second kappa shape index (κ2) is 5.45. The standard InChI is InChI=1S/C18H20BNS3/c1-14-13-20(2,3)19(16-8-5-11-22-16,17-9-6-12-23-17)18(14)15-7-4-10-21-15/h4-12H,13H2,1-3H3. The first-order valence-corrected chi connectivity index (χ1v) is 10.5. The number of quaternary nitrogens is 1. The lowest BCUT2D eigenvalue weighted by Gasteiger charge is -2.52. The van der Waals surface area contributed by atoms with Crippen molar-refractivity contribution in [1.29, 1.82) is 0 Å². The van der Waals surface area contributed by atoms with Crippen molar-refractivity contribution in [2.45, 2.75) is 6.92 Å². The van der Waals surface area contributed by atoms with Crippen LogP contribution in [0.1, 0.15) is 11.8 Å². The quantitative estimate of drug-likeness (QED) is 0.621. The van der Waals surface area contributed by atoms with Gasteiger partial charge >= 0.3 is 6.28 Å². The minimum absolute atomic E-state index is 0.965. The van der Waals surface area contributed by atoms with Gasteiger partial charge in [0.1, 0.15) is 0 Å². The van der Waals surface area contributed by atoms with Crippen molar-refractivity contribution in [3.8, 4) is 0 Å². The fraction of sp³-hybridized carbons (Fsp3) is 0.222. The zero-order valence-electron chi connectivity index (χ0n) is 13.7. The van der Waals surface area contributed by atoms with Crippen molar-refractivity contribution in [3.63, 3.8) is 0 Å². The van der Waals surface area contributed by atoms with Crippen molar-refractivity contribution >= 4 is 55.3 Å². The van der Waals surface area contributed by atoms with E-state index in [-0.39, 0.29) is 0 Å². The Labute approximate surface area is 150 Å². The molecule has 4 heterocycles. The van der Waals surface area contributed by atoms with Crippen molar-refractivity contribution in [2.24, 2.45) is 0 Å². The van der Waals surface area contributed by atoms with E-state index >= 15 is 0 Å². The smallest absolute Gasteiger partial charge is 0.311 e. The summed E-state index contributed by atoms with van der Waals surface area (Å²) in [6.45, 7) is 3.45. The highest BCUT2D eigenvalue weighted by Gasteiger charge is 2.54. The van der Waals surface area contributed by atoms with Crippen LogP contribution in [0, 0.1) is 0 Å². The Morgan fingerprint density at radius 2 is 1.43 bits per heavy atom. The molecule has 0 saturated heterocycles. The lowest BCUT2D eigenvalue weighted by Crippen LogP contribution is -2.74. The fourth-order valence-electron chi connectivity index (χ4n) is 4.56. The maximum Gasteiger partial charge on any atom is 0.311 e. The number of nitrogens with zero attached hydrogens (tertiary/aromatic N) is 1. The van der Waals surface area contributed by atoms with Gasteiger partial charge in [0.25, 0.3) is 0 Å². The van der Waals surface area contributed by atoms with Crippen LogP contribution in [0.3, 0.4) is 0 Å². The summed E-state index contributed by atoms with van der Waals surface area (Å²) >= 11 is 5.70. The lowest BCUT2D eigenvalue weighted by atomic mass is 9.27. The maximum absolute atomic E-state index is 2.41. The van der Waals surface area contributed by atoms with Gasteiger partial charge in [-0.1, -0.05) is 45.5 Å². The Hall–Kier alpha value is -1.14. The van der Waals surface area contributed by atoms with Gasteiger partial charge in [-0.3, -0.25) is 0 Å². The van der Waals surface area contributed by atoms with E-state index in [0.717, 1.165) is 10.9 Å². The molecule has 0 N–H and O–H groups in total. The zero-order valence-corrected chi connectivity index (χ0v) is 16.1. The third-order valence-electron chi connectivity index (χ3n) is 5.27. The Morgan fingerprint density at radius 3 is 1.91 bits per heavy atom. The van der Waals surface area contributed by atoms with Crippen molar-refractivity contribution in [2.75, 3.05) is 20.6 Å². The Bertz CT molecular complexity index is 793. The Kier molecular flexibility index (Phi) is 3.65. The molecule has 118 valence electrons. The third kappa shape index (κ3) is 2.07. The monoisotopic (exact) mass is 357 g/mol. The zero-order chi connectivity index (χ0) is 16.1. The number of hydrogen-bond acceptors (Lipinski definition) is 3. The number of thiophene rings is 3. The minimum Gasteiger partial charge on any atom is -0.504 e. The molecule has 0 spiro atoms. The predicted molar refractivity (Wildman–Crippen MR) is 108 cm³/mol. The molecule has 5 heteroatoms. The van der Waals surface area contributed by atoms with Crippen LogP contribution in [0.15, 0.2) is 58.1 Å². The van der Waals surface area contributed by atoms with Crippen molar-refractivity contribution in [1.82, 2.24) is 0 Å². The molecule has 0 aromatic carbocycles. The van der Waals surface area contributed by atoms with Crippen molar-refractivity contribution < 1.29 is 4.39 Å². The molecule has 0 unspecified atom stereocenters. The topological polar surface area (TPSA) is 0 Å². The summed E-state index contributed by atoms with van der Waals surface area (Å²) in [5.41, 5.74) is 3.12. The SMILES string of the molecule is CC1=C(c2cccs2)[B-](c2cccs2)(c2cccs2)[N+](C)(C)C1. The highest BCUT2D eigenvalue weighted by Crippen LogP contribution is 2.43. The second-order valence-electron chi connectivity index (χ2n) is 6.96. The summed E-state index contributed by atoms with van der Waals surface area (Å²) < 4.78 is 4.04. The predicted octanol–water partition coefficient (Wildman–Crippen LogP) is 4.03. The van der Waals surface area contributed by atoms with E-state index in [1.54, 1.807) is 11.0 Å². The first-order chi connectivity index (χ1) is 11.1. The van der Waals surface area contributed by atoms with Crippen LogP contribution in [0.2, 0.25) is 0 Å². The summed E-state index contributed by atoms with van der Waals surface area (Å²) in [7, 11) is 4.81. The largest absolute Gasteiger partial charge is 0.504 e. The van der Waals surface area contributed by atoms with E-state index in [1.165, 1.54) is 14.4 Å². The molecule has 1 nitrogen and oxygen atoms in total. The molecule has 0 amide bonds. The van der Waals surface area contributed by atoms with E-state index in [0.29, 0.717) is 0 Å². The molecular weight excluding hydrogens is 337 g/mol. The van der Waals surface area contributed by atoms with Crippen LogP contribution in [-0.4, -0.2) is 31.3 Å². The van der Waals surface area contributed by atoms with Crippen molar-refractivity contribution in [3.05, 3.63) is 63.0 Å². The first kappa shape index (κ1) is 15.4. The van der Waals surface area contributed by atoms with Gasteiger partial charge in [-0.05, 0) is 34.0 Å². The van der Waals surface area contributed by atoms with E-state index < -0.39 is 6.28 Å². The highest BCUT2D eigenvalue weighted by atomic mass is 32.1. The maximum atomic E-state index is 2.41. The van der Waals surface area contributed by atoms with E-state index in [9.17, 15) is 0 Å². The fourth-order valence-corrected chi connectivity index (χ4v) is 7.96. The average Bonchev–Trinajstić information content (AvgIpc) is 3.26. The minimum atomic E-state index is -0.965. The Balaban J connectivity index is 2.10. The van der Waals surface area contributed by atoms with Crippen LogP contribution in [0.5, 0.6) is 0 Å². The first-order valence-electron chi connectivity index (χ1n) is 7.87. The number of hydrogen-bond donors (Lipinski definition) is 0. The summed E-state index contributed by atoms with van der Waals surface area (Å²) in [6, 6.07) is 13.6. The van der Waals surface area contributed by atoms with Gasteiger partial charge in [0, 0.05) is 14.1 Å². The molecule has 3 aromatic rings. The van der Waals surface area contributed by atoms with Gasteiger partial charge in [-0.25, -0.2) is 0 Å².